The van der Waals surface area contributed by atoms with Crippen molar-refractivity contribution in [1.82, 2.24) is 20.0 Å². The summed E-state index contributed by atoms with van der Waals surface area (Å²) in [5, 5.41) is 7.06. The van der Waals surface area contributed by atoms with E-state index in [-0.39, 0.29) is 35.2 Å². The van der Waals surface area contributed by atoms with Crippen molar-refractivity contribution < 1.29 is 14.0 Å². The van der Waals surface area contributed by atoms with Crippen LogP contribution in [0, 0.1) is 11.7 Å². The Morgan fingerprint density at radius 1 is 1.29 bits per heavy atom. The van der Waals surface area contributed by atoms with E-state index in [0.29, 0.717) is 18.7 Å². The molecule has 1 aromatic carbocycles. The summed E-state index contributed by atoms with van der Waals surface area (Å²) in [6, 6.07) is 7.84. The molecule has 164 valence electrons. The monoisotopic (exact) mass is 442 g/mol. The molecule has 2 fully saturated rings. The summed E-state index contributed by atoms with van der Waals surface area (Å²) in [6.07, 6.45) is 6.26. The normalized spacial score (nSPS) is 21.8. The summed E-state index contributed by atoms with van der Waals surface area (Å²) >= 11 is 4.73. The van der Waals surface area contributed by atoms with Gasteiger partial charge in [-0.05, 0) is 43.0 Å². The molecule has 6 nitrogen and oxygen atoms in total. The van der Waals surface area contributed by atoms with Crippen molar-refractivity contribution in [2.45, 2.75) is 37.1 Å². The lowest BCUT2D eigenvalue weighted by Crippen LogP contribution is -2.42. The number of nitrogens with one attached hydrogen (secondary N) is 1. The number of likely N-dealkylation sites (N-methyl/N-ethyl adjacent to an activating group) is 1. The maximum absolute atomic E-state index is 14.6. The van der Waals surface area contributed by atoms with Crippen LogP contribution >= 0.6 is 12.6 Å². The average molecular weight is 443 g/mol. The third kappa shape index (κ3) is 5.07. The number of ketones is 1. The average Bonchev–Trinajstić information content (AvgIpc) is 3.53. The van der Waals surface area contributed by atoms with E-state index in [4.69, 9.17) is 12.6 Å². The Balaban J connectivity index is 1.58. The number of benzene rings is 1. The van der Waals surface area contributed by atoms with Gasteiger partial charge in [-0.3, -0.25) is 19.2 Å². The molecule has 1 saturated carbocycles. The van der Waals surface area contributed by atoms with E-state index in [9.17, 15) is 14.0 Å². The summed E-state index contributed by atoms with van der Waals surface area (Å²) in [7, 11) is 1.59. The van der Waals surface area contributed by atoms with Crippen LogP contribution in [0.15, 0.2) is 42.1 Å². The molecular formula is C23H27FN4O2S. The summed E-state index contributed by atoms with van der Waals surface area (Å²) in [4.78, 5) is 26.8. The van der Waals surface area contributed by atoms with Crippen molar-refractivity contribution >= 4 is 30.4 Å². The molecule has 1 N–H and O–H groups in total. The Kier molecular flexibility index (Phi) is 6.57. The zero-order chi connectivity index (χ0) is 22.0. The zero-order valence-electron chi connectivity index (χ0n) is 17.5. The maximum atomic E-state index is 14.6. The van der Waals surface area contributed by atoms with E-state index in [2.05, 4.69) is 15.3 Å². The zero-order valence-corrected chi connectivity index (χ0v) is 18.4. The first-order chi connectivity index (χ1) is 15.0. The fraction of sp³-hybridized carbons (Fsp3) is 0.435. The number of piperidine rings is 1. The number of carbonyl (C=O) groups excluding carboxylic acids is 2. The molecule has 2 atom stereocenters. The second-order valence-electron chi connectivity index (χ2n) is 8.21. The molecule has 2 aliphatic rings. The summed E-state index contributed by atoms with van der Waals surface area (Å²) in [5.74, 6) is -0.319. The molecule has 0 bridgehead atoms. The summed E-state index contributed by atoms with van der Waals surface area (Å²) in [5.41, 5.74) is 2.21. The van der Waals surface area contributed by atoms with Gasteiger partial charge in [0.05, 0.1) is 11.7 Å². The topological polar surface area (TPSA) is 67.2 Å². The molecule has 1 aliphatic carbocycles. The van der Waals surface area contributed by atoms with E-state index < -0.39 is 6.04 Å². The second-order valence-corrected chi connectivity index (χ2v) is 8.83. The molecule has 2 aromatic rings. The minimum atomic E-state index is -0.580. The molecule has 1 saturated heterocycles. The van der Waals surface area contributed by atoms with Crippen LogP contribution in [0.5, 0.6) is 0 Å². The van der Waals surface area contributed by atoms with Crippen LogP contribution < -0.4 is 5.32 Å². The third-order valence-electron chi connectivity index (χ3n) is 5.90. The van der Waals surface area contributed by atoms with Crippen molar-refractivity contribution in [3.63, 3.8) is 0 Å². The molecule has 4 rings (SSSR count). The van der Waals surface area contributed by atoms with Crippen LogP contribution in [0.3, 0.4) is 0 Å². The number of hydrogen-bond acceptors (Lipinski definition) is 5. The minimum Gasteiger partial charge on any atom is -0.358 e. The molecule has 1 aliphatic heterocycles. The van der Waals surface area contributed by atoms with Gasteiger partial charge in [0.25, 0.3) is 0 Å². The fourth-order valence-electron chi connectivity index (χ4n) is 4.03. The van der Waals surface area contributed by atoms with Gasteiger partial charge in [-0.25, -0.2) is 4.39 Å². The number of amides is 1. The molecule has 2 unspecified atom stereocenters. The van der Waals surface area contributed by atoms with Crippen LogP contribution in [0.4, 0.5) is 4.39 Å². The van der Waals surface area contributed by atoms with E-state index in [1.54, 1.807) is 36.1 Å². The Morgan fingerprint density at radius 3 is 2.77 bits per heavy atom. The first kappa shape index (κ1) is 21.8. The number of hydrogen-bond donors (Lipinski definition) is 2. The number of thiol groups is 1. The van der Waals surface area contributed by atoms with E-state index in [0.717, 1.165) is 30.5 Å². The lowest BCUT2D eigenvalue weighted by molar-refractivity contribution is -0.126. The number of aromatic nitrogens is 2. The molecule has 1 aromatic heterocycles. The van der Waals surface area contributed by atoms with Crippen molar-refractivity contribution in [1.29, 1.82) is 0 Å². The van der Waals surface area contributed by atoms with Gasteiger partial charge in [0.1, 0.15) is 12.4 Å². The van der Waals surface area contributed by atoms with Crippen molar-refractivity contribution in [3.05, 3.63) is 59.2 Å². The maximum Gasteiger partial charge on any atom is 0.241 e. The van der Waals surface area contributed by atoms with Crippen LogP contribution in [0.25, 0.3) is 6.08 Å². The van der Waals surface area contributed by atoms with Crippen LogP contribution in [0.1, 0.15) is 36.6 Å². The molecule has 31 heavy (non-hydrogen) atoms. The fourth-order valence-corrected chi connectivity index (χ4v) is 4.30. The molecule has 8 heteroatoms. The Labute approximate surface area is 186 Å². The van der Waals surface area contributed by atoms with Gasteiger partial charge in [-0.1, -0.05) is 18.2 Å². The van der Waals surface area contributed by atoms with Gasteiger partial charge in [0.2, 0.25) is 5.91 Å². The lowest BCUT2D eigenvalue weighted by atomic mass is 9.93. The molecule has 0 spiro atoms. The Morgan fingerprint density at radius 2 is 2.06 bits per heavy atom. The van der Waals surface area contributed by atoms with E-state index in [1.165, 1.54) is 6.07 Å². The number of nitrogens with zero attached hydrogens (tertiary/aromatic N) is 3. The van der Waals surface area contributed by atoms with E-state index in [1.807, 2.05) is 12.1 Å². The highest BCUT2D eigenvalue weighted by Crippen LogP contribution is 2.39. The smallest absolute Gasteiger partial charge is 0.241 e. The molecular weight excluding hydrogens is 415 g/mol. The van der Waals surface area contributed by atoms with Crippen LogP contribution in [-0.2, 0) is 16.1 Å². The predicted octanol–water partition coefficient (Wildman–Crippen LogP) is 2.88. The highest BCUT2D eigenvalue weighted by molar-refractivity contribution is 7.81. The predicted molar refractivity (Wildman–Crippen MR) is 120 cm³/mol. The van der Waals surface area contributed by atoms with Crippen LogP contribution in [-0.4, -0.2) is 51.8 Å². The first-order valence-corrected chi connectivity index (χ1v) is 11.1. The van der Waals surface area contributed by atoms with Crippen molar-refractivity contribution in [2.24, 2.45) is 5.92 Å². The van der Waals surface area contributed by atoms with Gasteiger partial charge in [0, 0.05) is 43.1 Å². The number of rotatable bonds is 7. The molecule has 0 radical (unpaired) electrons. The quantitative estimate of drug-likeness (QED) is 0.647. The number of carbonyl (C=O) groups is 2. The van der Waals surface area contributed by atoms with Gasteiger partial charge < -0.3 is 5.32 Å². The highest BCUT2D eigenvalue weighted by Gasteiger charge is 2.40. The van der Waals surface area contributed by atoms with Crippen molar-refractivity contribution in [3.8, 4) is 0 Å². The van der Waals surface area contributed by atoms with E-state index >= 15 is 0 Å². The Hall–Kier alpha value is -2.45. The Bertz CT molecular complexity index is 1000. The van der Waals surface area contributed by atoms with Gasteiger partial charge in [-0.2, -0.15) is 17.7 Å². The summed E-state index contributed by atoms with van der Waals surface area (Å²) < 4.78 is 16.2. The lowest BCUT2D eigenvalue weighted by Gasteiger charge is -2.37. The third-order valence-corrected chi connectivity index (χ3v) is 6.49. The second kappa shape index (κ2) is 9.36. The highest BCUT2D eigenvalue weighted by atomic mass is 32.1. The standard InChI is InChI=1S/C23H27FN4O2S/c1-25-21(29)14-28-11-8-17(26-28)12-16-13-27(10-9-20(16)31)22(23(30)15-6-7-15)18-4-2-3-5-19(18)24/h2-5,8,11-12,15,20,22,31H,6-7,9-10,13-14H2,1H3,(H,25,29)/b16-12+. The minimum absolute atomic E-state index is 0.0335. The van der Waals surface area contributed by atoms with Gasteiger partial charge in [-0.15, -0.1) is 0 Å². The number of halogens is 1. The van der Waals surface area contributed by atoms with Gasteiger partial charge >= 0.3 is 0 Å². The van der Waals surface area contributed by atoms with Crippen LogP contribution in [0.2, 0.25) is 0 Å². The van der Waals surface area contributed by atoms with Crippen molar-refractivity contribution in [2.75, 3.05) is 20.1 Å². The molecule has 2 heterocycles. The SMILES string of the molecule is CNC(=O)Cn1ccc(/C=C2\CN(C(C(=O)C3CC3)c3ccccc3F)CCC2S)n1. The summed E-state index contributed by atoms with van der Waals surface area (Å²) in [6.45, 7) is 1.35. The number of Topliss-reactive ketones (excluding diaryl/α,β-unsaturated/α-hetero) is 1. The van der Waals surface area contributed by atoms with Gasteiger partial charge in [0.15, 0.2) is 5.78 Å². The largest absolute Gasteiger partial charge is 0.358 e. The first-order valence-electron chi connectivity index (χ1n) is 10.6. The molecule has 1 amide bonds. The number of likely N-dealkylation sites (tertiary alicyclic amines) is 1.